The van der Waals surface area contributed by atoms with E-state index in [2.05, 4.69) is 5.32 Å². The van der Waals surface area contributed by atoms with Gasteiger partial charge in [-0.2, -0.15) is 8.42 Å². The molecule has 0 aliphatic heterocycles. The van der Waals surface area contributed by atoms with Crippen LogP contribution in [0.1, 0.15) is 87.3 Å². The van der Waals surface area contributed by atoms with Gasteiger partial charge in [0.2, 0.25) is 5.09 Å². The number of aliphatic hydroxyl groups excluding tert-OH is 1. The minimum atomic E-state index is -4.26. The van der Waals surface area contributed by atoms with Gasteiger partial charge in [0, 0.05) is 23.1 Å². The molecule has 1 aromatic carbocycles. The lowest BCUT2D eigenvalue weighted by Gasteiger charge is -2.21. The van der Waals surface area contributed by atoms with E-state index in [-0.39, 0.29) is 16.9 Å². The Kier molecular flexibility index (Phi) is 7.03. The number of aryl methyl sites for hydroxylation is 1. The second-order valence-electron chi connectivity index (χ2n) is 8.50. The highest BCUT2D eigenvalue weighted by atomic mass is 35.5. The summed E-state index contributed by atoms with van der Waals surface area (Å²) >= 11 is 6.37. The second-order valence-corrected chi connectivity index (χ2v) is 10.5. The van der Waals surface area contributed by atoms with Crippen molar-refractivity contribution in [2.75, 3.05) is 5.32 Å². The molecule has 31 heavy (non-hydrogen) atoms. The molecule has 0 radical (unpaired) electrons. The van der Waals surface area contributed by atoms with Gasteiger partial charge in [-0.3, -0.25) is 0 Å². The van der Waals surface area contributed by atoms with Gasteiger partial charge >= 0.3 is 6.03 Å². The molecule has 170 valence electrons. The quantitative estimate of drug-likeness (QED) is 0.505. The number of fused-ring (bicyclic) bond motifs is 1. The number of furan rings is 1. The number of hydrogen-bond acceptors (Lipinski definition) is 5. The summed E-state index contributed by atoms with van der Waals surface area (Å²) in [4.78, 5) is 12.7. The number of carbonyl (C=O) groups is 1. The maximum Gasteiger partial charge on any atom is 0.333 e. The highest BCUT2D eigenvalue weighted by Gasteiger charge is 2.29. The highest BCUT2D eigenvalue weighted by Crippen LogP contribution is 2.37. The van der Waals surface area contributed by atoms with E-state index in [9.17, 15) is 18.3 Å². The van der Waals surface area contributed by atoms with Crippen molar-refractivity contribution in [3.8, 4) is 0 Å². The van der Waals surface area contributed by atoms with Crippen molar-refractivity contribution in [3.05, 3.63) is 45.7 Å². The first-order valence-corrected chi connectivity index (χ1v) is 12.3. The number of carbonyl (C=O) groups excluding carboxylic acids is 1. The molecule has 1 unspecified atom stereocenters. The Morgan fingerprint density at radius 1 is 1.19 bits per heavy atom. The number of amides is 2. The third-order valence-corrected chi connectivity index (χ3v) is 6.98. The van der Waals surface area contributed by atoms with Crippen LogP contribution in [0.3, 0.4) is 0 Å². The van der Waals surface area contributed by atoms with Gasteiger partial charge in [-0.1, -0.05) is 51.8 Å². The molecular formula is C22H29ClN2O5S. The number of rotatable bonds is 5. The Bertz CT molecular complexity index is 1080. The smallest absolute Gasteiger partial charge is 0.333 e. The van der Waals surface area contributed by atoms with E-state index in [1.165, 1.54) is 6.07 Å². The van der Waals surface area contributed by atoms with Crippen LogP contribution in [-0.4, -0.2) is 19.6 Å². The fourth-order valence-electron chi connectivity index (χ4n) is 3.91. The predicted molar refractivity (Wildman–Crippen MR) is 120 cm³/mol. The predicted octanol–water partition coefficient (Wildman–Crippen LogP) is 5.45. The summed E-state index contributed by atoms with van der Waals surface area (Å²) in [7, 11) is -4.26. The first-order valence-electron chi connectivity index (χ1n) is 10.5. The highest BCUT2D eigenvalue weighted by molar-refractivity contribution is 7.89. The zero-order valence-electron chi connectivity index (χ0n) is 18.2. The summed E-state index contributed by atoms with van der Waals surface area (Å²) in [5.41, 5.74) is 2.58. The van der Waals surface area contributed by atoms with Crippen molar-refractivity contribution >= 4 is 33.3 Å². The number of urea groups is 1. The number of sulfonamides is 1. The molecule has 2 amide bonds. The molecule has 3 N–H and O–H groups in total. The summed E-state index contributed by atoms with van der Waals surface area (Å²) in [5.74, 6) is 0.550. The first-order chi connectivity index (χ1) is 14.5. The molecule has 1 aromatic heterocycles. The van der Waals surface area contributed by atoms with Gasteiger partial charge in [0.25, 0.3) is 10.0 Å². The van der Waals surface area contributed by atoms with Crippen LogP contribution in [0.25, 0.3) is 0 Å². The molecule has 1 aliphatic carbocycles. The van der Waals surface area contributed by atoms with E-state index in [4.69, 9.17) is 16.0 Å². The fraction of sp³-hybridized carbons (Fsp3) is 0.500. The summed E-state index contributed by atoms with van der Waals surface area (Å²) in [5, 5.41) is 13.0. The van der Waals surface area contributed by atoms with Crippen LogP contribution >= 0.6 is 11.6 Å². The lowest BCUT2D eigenvalue weighted by molar-refractivity contribution is 0.166. The Balaban J connectivity index is 1.88. The van der Waals surface area contributed by atoms with Crippen LogP contribution in [-0.2, 0) is 16.4 Å². The van der Waals surface area contributed by atoms with Gasteiger partial charge in [0.05, 0.1) is 11.8 Å². The number of hydrogen-bond donors (Lipinski definition) is 3. The molecule has 0 saturated heterocycles. The van der Waals surface area contributed by atoms with E-state index in [0.29, 0.717) is 34.9 Å². The van der Waals surface area contributed by atoms with Crippen molar-refractivity contribution in [2.45, 2.75) is 76.4 Å². The second kappa shape index (κ2) is 9.22. The Labute approximate surface area is 188 Å². The monoisotopic (exact) mass is 468 g/mol. The lowest BCUT2D eigenvalue weighted by atomic mass is 9.92. The largest absolute Gasteiger partial charge is 0.447 e. The third-order valence-electron chi connectivity index (χ3n) is 5.46. The van der Waals surface area contributed by atoms with Crippen LogP contribution in [0.15, 0.2) is 27.7 Å². The first kappa shape index (κ1) is 23.6. The van der Waals surface area contributed by atoms with Crippen molar-refractivity contribution in [2.24, 2.45) is 0 Å². The van der Waals surface area contributed by atoms with Gasteiger partial charge in [-0.05, 0) is 41.9 Å². The standard InChI is InChI=1S/C22H29ClN2O5S/c1-12(2)14-9-10-16(23)20(13(3)4)21(14)24-22(27)25-31(28,29)19-11-15-17(26)7-5-6-8-18(15)30-19/h9-13,17,26H,5-8H2,1-4H3,(H2,24,25,27). The lowest BCUT2D eigenvalue weighted by Crippen LogP contribution is -2.35. The summed E-state index contributed by atoms with van der Waals surface area (Å²) in [6, 6.07) is 4.01. The Morgan fingerprint density at radius 2 is 1.90 bits per heavy atom. The van der Waals surface area contributed by atoms with Crippen molar-refractivity contribution < 1.29 is 22.7 Å². The van der Waals surface area contributed by atoms with E-state index in [1.54, 1.807) is 6.07 Å². The van der Waals surface area contributed by atoms with Gasteiger partial charge < -0.3 is 14.8 Å². The van der Waals surface area contributed by atoms with E-state index in [1.807, 2.05) is 38.5 Å². The number of aliphatic hydroxyl groups is 1. The van der Waals surface area contributed by atoms with Gasteiger partial charge in [0.1, 0.15) is 5.76 Å². The van der Waals surface area contributed by atoms with Crippen LogP contribution in [0.2, 0.25) is 5.02 Å². The van der Waals surface area contributed by atoms with Crippen LogP contribution in [0, 0.1) is 0 Å². The summed E-state index contributed by atoms with van der Waals surface area (Å²) < 4.78 is 33.1. The van der Waals surface area contributed by atoms with Crippen molar-refractivity contribution in [1.82, 2.24) is 4.72 Å². The molecule has 1 heterocycles. The molecule has 7 nitrogen and oxygen atoms in total. The van der Waals surface area contributed by atoms with Crippen LogP contribution in [0.5, 0.6) is 0 Å². The van der Waals surface area contributed by atoms with E-state index < -0.39 is 22.2 Å². The maximum absolute atomic E-state index is 12.8. The number of nitrogens with one attached hydrogen (secondary N) is 2. The molecule has 0 bridgehead atoms. The molecule has 2 aromatic rings. The van der Waals surface area contributed by atoms with E-state index in [0.717, 1.165) is 24.0 Å². The summed E-state index contributed by atoms with van der Waals surface area (Å²) in [6.45, 7) is 7.86. The number of halogens is 1. The average Bonchev–Trinajstić information content (AvgIpc) is 3.02. The van der Waals surface area contributed by atoms with Crippen molar-refractivity contribution in [1.29, 1.82) is 0 Å². The molecule has 0 saturated carbocycles. The normalized spacial score (nSPS) is 16.8. The Morgan fingerprint density at radius 3 is 2.55 bits per heavy atom. The fourth-order valence-corrected chi connectivity index (χ4v) is 5.18. The molecule has 9 heteroatoms. The zero-order valence-corrected chi connectivity index (χ0v) is 19.7. The molecule has 3 rings (SSSR count). The molecule has 1 aliphatic rings. The minimum absolute atomic E-state index is 0.0142. The number of anilines is 1. The molecule has 1 atom stereocenters. The zero-order chi connectivity index (χ0) is 22.9. The molecule has 0 fully saturated rings. The minimum Gasteiger partial charge on any atom is -0.447 e. The van der Waals surface area contributed by atoms with Gasteiger partial charge in [-0.25, -0.2) is 9.52 Å². The number of benzene rings is 1. The van der Waals surface area contributed by atoms with Gasteiger partial charge in [-0.15, -0.1) is 0 Å². The Hall–Kier alpha value is -2.03. The summed E-state index contributed by atoms with van der Waals surface area (Å²) in [6.07, 6.45) is 1.96. The SMILES string of the molecule is CC(C)c1ccc(Cl)c(C(C)C)c1NC(=O)NS(=O)(=O)c1cc2c(o1)CCCCC2O. The third kappa shape index (κ3) is 5.07. The topological polar surface area (TPSA) is 109 Å². The van der Waals surface area contributed by atoms with Crippen LogP contribution in [0.4, 0.5) is 10.5 Å². The molecule has 0 spiro atoms. The van der Waals surface area contributed by atoms with Crippen molar-refractivity contribution in [3.63, 3.8) is 0 Å². The van der Waals surface area contributed by atoms with Crippen LogP contribution < -0.4 is 10.0 Å². The van der Waals surface area contributed by atoms with Gasteiger partial charge in [0.15, 0.2) is 0 Å². The molecular weight excluding hydrogens is 440 g/mol. The van der Waals surface area contributed by atoms with E-state index >= 15 is 0 Å². The average molecular weight is 469 g/mol. The maximum atomic E-state index is 12.8.